The minimum absolute atomic E-state index is 0.580. The van der Waals surface area contributed by atoms with Gasteiger partial charge in [0.25, 0.3) is 0 Å². The lowest BCUT2D eigenvalue weighted by atomic mass is 9.95. The lowest BCUT2D eigenvalue weighted by molar-refractivity contribution is 0.354. The standard InChI is InChI=1S/C18H21ClN2O/c1-22-18-8-7-15(11-17(18)19)20-12-14-9-10-21(13-14)16-5-3-2-4-6-16/h7-13,16H,2-6H2,1H3. The molecule has 0 atom stereocenters. The fraction of sp³-hybridized carbons (Fsp3) is 0.389. The number of methoxy groups -OCH3 is 1. The molecule has 1 fully saturated rings. The highest BCUT2D eigenvalue weighted by molar-refractivity contribution is 6.32. The molecule has 1 aromatic carbocycles. The maximum atomic E-state index is 6.11. The third-order valence-electron chi connectivity index (χ3n) is 4.23. The molecule has 0 bridgehead atoms. The van der Waals surface area contributed by atoms with Crippen molar-refractivity contribution in [3.05, 3.63) is 47.2 Å². The Morgan fingerprint density at radius 2 is 2.05 bits per heavy atom. The molecule has 0 aliphatic heterocycles. The molecule has 1 aromatic heterocycles. The van der Waals surface area contributed by atoms with E-state index >= 15 is 0 Å². The molecule has 1 aliphatic carbocycles. The summed E-state index contributed by atoms with van der Waals surface area (Å²) in [5, 5.41) is 0.580. The molecule has 1 heterocycles. The van der Waals surface area contributed by atoms with Crippen LogP contribution in [0.15, 0.2) is 41.7 Å². The maximum absolute atomic E-state index is 6.11. The molecule has 3 rings (SSSR count). The van der Waals surface area contributed by atoms with E-state index in [0.717, 1.165) is 11.3 Å². The van der Waals surface area contributed by atoms with Gasteiger partial charge in [0.15, 0.2) is 0 Å². The average Bonchev–Trinajstić information content (AvgIpc) is 3.03. The van der Waals surface area contributed by atoms with Crippen LogP contribution in [0.5, 0.6) is 5.75 Å². The first kappa shape index (κ1) is 15.2. The fourth-order valence-electron chi connectivity index (χ4n) is 3.00. The molecule has 2 aromatic rings. The highest BCUT2D eigenvalue weighted by atomic mass is 35.5. The first-order valence-electron chi connectivity index (χ1n) is 7.81. The summed E-state index contributed by atoms with van der Waals surface area (Å²) in [6.45, 7) is 0. The summed E-state index contributed by atoms with van der Waals surface area (Å²) in [5.74, 6) is 0.670. The predicted molar refractivity (Wildman–Crippen MR) is 91.8 cm³/mol. The van der Waals surface area contributed by atoms with Crippen molar-refractivity contribution in [2.24, 2.45) is 4.99 Å². The Morgan fingerprint density at radius 3 is 2.77 bits per heavy atom. The van der Waals surface area contributed by atoms with Crippen LogP contribution >= 0.6 is 11.6 Å². The van der Waals surface area contributed by atoms with Crippen LogP contribution in [0.4, 0.5) is 5.69 Å². The number of benzene rings is 1. The quantitative estimate of drug-likeness (QED) is 0.693. The van der Waals surface area contributed by atoms with E-state index in [1.807, 2.05) is 24.4 Å². The predicted octanol–water partition coefficient (Wildman–Crippen LogP) is 5.41. The first-order chi connectivity index (χ1) is 10.8. The van der Waals surface area contributed by atoms with Gasteiger partial charge in [0.1, 0.15) is 5.75 Å². The Balaban J connectivity index is 1.70. The van der Waals surface area contributed by atoms with Crippen molar-refractivity contribution in [2.75, 3.05) is 7.11 Å². The second-order valence-electron chi connectivity index (χ2n) is 5.76. The lowest BCUT2D eigenvalue weighted by Crippen LogP contribution is -2.10. The van der Waals surface area contributed by atoms with Crippen molar-refractivity contribution in [1.82, 2.24) is 4.57 Å². The van der Waals surface area contributed by atoms with Gasteiger partial charge in [0, 0.05) is 30.2 Å². The molecule has 1 saturated carbocycles. The van der Waals surface area contributed by atoms with Crippen LogP contribution in [-0.2, 0) is 0 Å². The van der Waals surface area contributed by atoms with Crippen LogP contribution in [0.1, 0.15) is 43.7 Å². The van der Waals surface area contributed by atoms with Crippen LogP contribution in [0.25, 0.3) is 0 Å². The second kappa shape index (κ2) is 7.01. The molecule has 0 N–H and O–H groups in total. The highest BCUT2D eigenvalue weighted by Crippen LogP contribution is 2.29. The maximum Gasteiger partial charge on any atom is 0.137 e. The SMILES string of the molecule is COc1ccc(N=Cc2ccn(C3CCCCC3)c2)cc1Cl. The van der Waals surface area contributed by atoms with Crippen LogP contribution in [-0.4, -0.2) is 17.9 Å². The minimum atomic E-state index is 0.580. The van der Waals surface area contributed by atoms with Gasteiger partial charge < -0.3 is 9.30 Å². The summed E-state index contributed by atoms with van der Waals surface area (Å²) < 4.78 is 7.48. The molecular weight excluding hydrogens is 296 g/mol. The fourth-order valence-corrected chi connectivity index (χ4v) is 3.25. The summed E-state index contributed by atoms with van der Waals surface area (Å²) in [7, 11) is 1.61. The van der Waals surface area contributed by atoms with Crippen LogP contribution < -0.4 is 4.74 Å². The zero-order valence-electron chi connectivity index (χ0n) is 12.8. The van der Waals surface area contributed by atoms with E-state index in [4.69, 9.17) is 16.3 Å². The van der Waals surface area contributed by atoms with Crippen molar-refractivity contribution in [3.8, 4) is 5.75 Å². The molecule has 0 radical (unpaired) electrons. The van der Waals surface area contributed by atoms with Crippen molar-refractivity contribution < 1.29 is 4.74 Å². The van der Waals surface area contributed by atoms with E-state index in [0.29, 0.717) is 16.8 Å². The second-order valence-corrected chi connectivity index (χ2v) is 6.17. The number of halogens is 1. The smallest absolute Gasteiger partial charge is 0.137 e. The van der Waals surface area contributed by atoms with Gasteiger partial charge in [-0.15, -0.1) is 0 Å². The van der Waals surface area contributed by atoms with Crippen LogP contribution in [0, 0.1) is 0 Å². The molecule has 22 heavy (non-hydrogen) atoms. The van der Waals surface area contributed by atoms with Gasteiger partial charge in [0.05, 0.1) is 17.8 Å². The highest BCUT2D eigenvalue weighted by Gasteiger charge is 2.14. The number of rotatable bonds is 4. The topological polar surface area (TPSA) is 26.5 Å². The number of ether oxygens (including phenoxy) is 1. The summed E-state index contributed by atoms with van der Waals surface area (Å²) in [4.78, 5) is 4.49. The molecule has 3 nitrogen and oxygen atoms in total. The summed E-state index contributed by atoms with van der Waals surface area (Å²) in [5.41, 5.74) is 1.95. The number of hydrogen-bond acceptors (Lipinski definition) is 2. The van der Waals surface area contributed by atoms with Gasteiger partial charge in [-0.05, 0) is 37.1 Å². The Labute approximate surface area is 136 Å². The van der Waals surface area contributed by atoms with Crippen LogP contribution in [0.2, 0.25) is 5.02 Å². The van der Waals surface area contributed by atoms with E-state index in [2.05, 4.69) is 28.0 Å². The van der Waals surface area contributed by atoms with Gasteiger partial charge in [-0.1, -0.05) is 30.9 Å². The van der Waals surface area contributed by atoms with Gasteiger partial charge in [-0.25, -0.2) is 0 Å². The number of aliphatic imine (C=N–C) groups is 1. The van der Waals surface area contributed by atoms with E-state index in [-0.39, 0.29) is 0 Å². The zero-order valence-corrected chi connectivity index (χ0v) is 13.6. The minimum Gasteiger partial charge on any atom is -0.495 e. The average molecular weight is 317 g/mol. The van der Waals surface area contributed by atoms with Crippen molar-refractivity contribution >= 4 is 23.5 Å². The Kier molecular flexibility index (Phi) is 4.84. The molecular formula is C18H21ClN2O. The van der Waals surface area contributed by atoms with Gasteiger partial charge in [0.2, 0.25) is 0 Å². The van der Waals surface area contributed by atoms with Gasteiger partial charge in [-0.2, -0.15) is 0 Å². The largest absolute Gasteiger partial charge is 0.495 e. The normalized spacial score (nSPS) is 16.3. The van der Waals surface area contributed by atoms with Gasteiger partial charge >= 0.3 is 0 Å². The molecule has 1 aliphatic rings. The van der Waals surface area contributed by atoms with E-state index in [1.54, 1.807) is 7.11 Å². The van der Waals surface area contributed by atoms with E-state index in [9.17, 15) is 0 Å². The Hall–Kier alpha value is -1.74. The van der Waals surface area contributed by atoms with E-state index in [1.165, 1.54) is 32.1 Å². The summed E-state index contributed by atoms with van der Waals surface area (Å²) >= 11 is 6.11. The first-order valence-corrected chi connectivity index (χ1v) is 8.19. The summed E-state index contributed by atoms with van der Waals surface area (Å²) in [6, 6.07) is 8.33. The third kappa shape index (κ3) is 3.53. The zero-order chi connectivity index (χ0) is 15.4. The van der Waals surface area contributed by atoms with E-state index < -0.39 is 0 Å². The number of aromatic nitrogens is 1. The van der Waals surface area contributed by atoms with Crippen molar-refractivity contribution in [1.29, 1.82) is 0 Å². The van der Waals surface area contributed by atoms with Crippen molar-refractivity contribution in [3.63, 3.8) is 0 Å². The lowest BCUT2D eigenvalue weighted by Gasteiger charge is -2.23. The van der Waals surface area contributed by atoms with Gasteiger partial charge in [-0.3, -0.25) is 4.99 Å². The molecule has 116 valence electrons. The Bertz CT molecular complexity index is 657. The summed E-state index contributed by atoms with van der Waals surface area (Å²) in [6.07, 6.45) is 12.9. The number of hydrogen-bond donors (Lipinski definition) is 0. The molecule has 0 saturated heterocycles. The Morgan fingerprint density at radius 1 is 1.23 bits per heavy atom. The molecule has 0 amide bonds. The molecule has 0 unspecified atom stereocenters. The molecule has 4 heteroatoms. The molecule has 0 spiro atoms. The van der Waals surface area contributed by atoms with Crippen LogP contribution in [0.3, 0.4) is 0 Å². The number of nitrogens with zero attached hydrogens (tertiary/aromatic N) is 2. The monoisotopic (exact) mass is 316 g/mol. The van der Waals surface area contributed by atoms with Crippen molar-refractivity contribution in [2.45, 2.75) is 38.1 Å². The third-order valence-corrected chi connectivity index (χ3v) is 4.53.